The van der Waals surface area contributed by atoms with Crippen molar-refractivity contribution in [3.8, 4) is 0 Å². The zero-order valence-electron chi connectivity index (χ0n) is 33.6. The van der Waals surface area contributed by atoms with Gasteiger partial charge in [0.2, 0.25) is 0 Å². The van der Waals surface area contributed by atoms with Gasteiger partial charge in [0, 0.05) is 19.1 Å². The Kier molecular flexibility index (Phi) is 17.5. The highest BCUT2D eigenvalue weighted by Gasteiger charge is 2.47. The van der Waals surface area contributed by atoms with E-state index in [2.05, 4.69) is 10.2 Å². The fourth-order valence-electron chi connectivity index (χ4n) is 7.22. The van der Waals surface area contributed by atoms with Gasteiger partial charge in [0.25, 0.3) is 0 Å². The van der Waals surface area contributed by atoms with Crippen molar-refractivity contribution in [2.45, 2.75) is 155 Å². The number of ether oxygens (including phenoxy) is 4. The van der Waals surface area contributed by atoms with Gasteiger partial charge in [0.05, 0.1) is 41.9 Å². The molecule has 0 radical (unpaired) electrons. The minimum Gasteiger partial charge on any atom is -0.459 e. The first-order valence-electron chi connectivity index (χ1n) is 18.7. The molecule has 1 heterocycles. The van der Waals surface area contributed by atoms with E-state index in [9.17, 15) is 33.0 Å². The van der Waals surface area contributed by atoms with Gasteiger partial charge in [-0.05, 0) is 91.1 Å². The van der Waals surface area contributed by atoms with Gasteiger partial charge in [0.1, 0.15) is 12.2 Å². The minimum atomic E-state index is -4.44. The number of Topliss-reactive ketones (excluding diaryl/α,β-unsaturated/α-hetero) is 1. The fraction of sp³-hybridized carbons (Fsp3) is 0.795. The number of hydrogen-bond acceptors (Lipinski definition) is 11. The normalized spacial score (nSPS) is 25.5. The van der Waals surface area contributed by atoms with E-state index in [-0.39, 0.29) is 31.0 Å². The average Bonchev–Trinajstić information content (AvgIpc) is 3.09. The predicted molar refractivity (Wildman–Crippen MR) is 195 cm³/mol. The Morgan fingerprint density at radius 2 is 1.66 bits per heavy atom. The Balaban J connectivity index is 2.12. The van der Waals surface area contributed by atoms with Crippen LogP contribution in [-0.2, 0) is 34.7 Å². The third kappa shape index (κ3) is 12.5. The number of rotatable bonds is 20. The molecule has 1 fully saturated rings. The number of nitrogens with zero attached hydrogens (tertiary/aromatic N) is 3. The van der Waals surface area contributed by atoms with Crippen molar-refractivity contribution >= 4 is 11.8 Å². The number of aliphatic hydroxyl groups excluding tert-OH is 1. The second-order valence-corrected chi connectivity index (χ2v) is 15.5. The molecule has 0 bridgehead atoms. The average molecular weight is 760 g/mol. The number of benzene rings is 1. The number of likely N-dealkylation sites (N-methyl/N-ethyl adjacent to an activating group) is 1. The molecule has 12 unspecified atom stereocenters. The van der Waals surface area contributed by atoms with Gasteiger partial charge < -0.3 is 34.1 Å². The van der Waals surface area contributed by atoms with E-state index < -0.39 is 77.2 Å². The van der Waals surface area contributed by atoms with Gasteiger partial charge >= 0.3 is 12.1 Å². The first kappa shape index (κ1) is 46.7. The lowest BCUT2D eigenvalue weighted by atomic mass is 9.81. The Hall–Kier alpha value is -2.49. The number of carbonyl (C=O) groups is 2. The largest absolute Gasteiger partial charge is 0.459 e. The Labute approximate surface area is 314 Å². The molecule has 12 atom stereocenters. The van der Waals surface area contributed by atoms with Crippen LogP contribution in [0.4, 0.5) is 13.2 Å². The lowest BCUT2D eigenvalue weighted by Gasteiger charge is -2.46. The summed E-state index contributed by atoms with van der Waals surface area (Å²) in [5, 5.41) is 30.9. The van der Waals surface area contributed by atoms with Crippen LogP contribution in [0.1, 0.15) is 112 Å². The quantitative estimate of drug-likeness (QED) is 0.105. The summed E-state index contributed by atoms with van der Waals surface area (Å²) >= 11 is 0. The number of aliphatic hydroxyl groups is 2. The predicted octanol–water partition coefficient (Wildman–Crippen LogP) is 7.18. The van der Waals surface area contributed by atoms with Crippen LogP contribution in [0.2, 0.25) is 0 Å². The van der Waals surface area contributed by atoms with Crippen LogP contribution in [0, 0.1) is 17.8 Å². The molecule has 0 saturated carbocycles. The highest BCUT2D eigenvalue weighted by atomic mass is 19.4. The number of ketones is 1. The summed E-state index contributed by atoms with van der Waals surface area (Å²) in [6, 6.07) is 3.90. The minimum absolute atomic E-state index is 0.0802. The van der Waals surface area contributed by atoms with Crippen molar-refractivity contribution in [2.75, 3.05) is 27.7 Å². The fourth-order valence-corrected chi connectivity index (χ4v) is 7.22. The summed E-state index contributed by atoms with van der Waals surface area (Å²) in [6.07, 6.45) is -5.53. The first-order chi connectivity index (χ1) is 24.5. The van der Waals surface area contributed by atoms with Crippen LogP contribution in [0.15, 0.2) is 34.5 Å². The van der Waals surface area contributed by atoms with Crippen LogP contribution < -0.4 is 0 Å². The third-order valence-corrected chi connectivity index (χ3v) is 10.5. The molecule has 1 aliphatic heterocycles. The van der Waals surface area contributed by atoms with Crippen molar-refractivity contribution in [3.05, 3.63) is 35.4 Å². The Morgan fingerprint density at radius 3 is 2.17 bits per heavy atom. The van der Waals surface area contributed by atoms with E-state index in [0.717, 1.165) is 18.6 Å². The highest BCUT2D eigenvalue weighted by molar-refractivity contribution is 5.89. The molecule has 0 amide bonds. The molecule has 2 N–H and O–H groups in total. The van der Waals surface area contributed by atoms with Crippen molar-refractivity contribution in [2.24, 2.45) is 28.0 Å². The van der Waals surface area contributed by atoms with E-state index in [1.54, 1.807) is 34.8 Å². The molecule has 53 heavy (non-hydrogen) atoms. The van der Waals surface area contributed by atoms with Crippen molar-refractivity contribution in [3.63, 3.8) is 0 Å². The van der Waals surface area contributed by atoms with Gasteiger partial charge in [-0.15, -0.1) is 0 Å². The van der Waals surface area contributed by atoms with E-state index in [0.29, 0.717) is 24.8 Å². The van der Waals surface area contributed by atoms with Crippen LogP contribution in [0.3, 0.4) is 0 Å². The molecule has 304 valence electrons. The van der Waals surface area contributed by atoms with Crippen LogP contribution in [0.25, 0.3) is 0 Å². The van der Waals surface area contributed by atoms with E-state index in [4.69, 9.17) is 18.9 Å². The molecule has 0 aliphatic carbocycles. The van der Waals surface area contributed by atoms with Gasteiger partial charge in [0.15, 0.2) is 17.7 Å². The molecule has 1 aliphatic rings. The smallest absolute Gasteiger partial charge is 0.416 e. The van der Waals surface area contributed by atoms with E-state index in [1.807, 2.05) is 46.7 Å². The van der Waals surface area contributed by atoms with Crippen molar-refractivity contribution in [1.29, 1.82) is 0 Å². The molecule has 0 aromatic heterocycles. The summed E-state index contributed by atoms with van der Waals surface area (Å²) in [6.45, 7) is 15.8. The van der Waals surface area contributed by atoms with Crippen LogP contribution in [-0.4, -0.2) is 103 Å². The molecule has 1 saturated heterocycles. The summed E-state index contributed by atoms with van der Waals surface area (Å²) in [5.41, 5.74) is -3.03. The number of esters is 1. The molecule has 1 aromatic rings. The maximum absolute atomic E-state index is 13.5. The number of halogens is 3. The maximum Gasteiger partial charge on any atom is 0.416 e. The highest BCUT2D eigenvalue weighted by Crippen LogP contribution is 2.36. The van der Waals surface area contributed by atoms with E-state index in [1.165, 1.54) is 19.1 Å². The van der Waals surface area contributed by atoms with Gasteiger partial charge in [-0.3, -0.25) is 9.59 Å². The molecule has 0 spiro atoms. The number of azo groups is 1. The maximum atomic E-state index is 13.5. The zero-order valence-corrected chi connectivity index (χ0v) is 33.6. The summed E-state index contributed by atoms with van der Waals surface area (Å²) < 4.78 is 63.2. The second-order valence-electron chi connectivity index (χ2n) is 15.5. The first-order valence-corrected chi connectivity index (χ1v) is 18.7. The van der Waals surface area contributed by atoms with Crippen LogP contribution >= 0.6 is 0 Å². The molecule has 2 rings (SSSR count). The SMILES string of the molecule is CCCC(C)(OC)C(OC1OC(C)CC(N(C)C)C1O)C(C)CC(C)C(=O)OC(CC)C(C)(O)C(=O)C(C)CN=NC(C)c1ccc(C(F)(F)F)cc1. The monoisotopic (exact) mass is 759 g/mol. The zero-order chi connectivity index (χ0) is 40.5. The van der Waals surface area contributed by atoms with Gasteiger partial charge in [-0.1, -0.05) is 53.2 Å². The lowest BCUT2D eigenvalue weighted by molar-refractivity contribution is -0.296. The molecule has 1 aromatic carbocycles. The Morgan fingerprint density at radius 1 is 1.06 bits per heavy atom. The van der Waals surface area contributed by atoms with Crippen LogP contribution in [0.5, 0.6) is 0 Å². The molecule has 14 heteroatoms. The molecular weight excluding hydrogens is 695 g/mol. The van der Waals surface area contributed by atoms with Crippen molar-refractivity contribution in [1.82, 2.24) is 4.90 Å². The summed E-state index contributed by atoms with van der Waals surface area (Å²) in [5.74, 6) is -2.88. The summed E-state index contributed by atoms with van der Waals surface area (Å²) in [4.78, 5) is 28.9. The Bertz CT molecular complexity index is 1330. The third-order valence-electron chi connectivity index (χ3n) is 10.5. The molecule has 11 nitrogen and oxygen atoms in total. The van der Waals surface area contributed by atoms with Gasteiger partial charge in [-0.2, -0.15) is 23.4 Å². The second kappa shape index (κ2) is 19.9. The van der Waals surface area contributed by atoms with E-state index >= 15 is 0 Å². The number of alkyl halides is 3. The number of methoxy groups -OCH3 is 1. The standard InChI is InChI=1S/C39H64F3N3O8/c1-13-19-37(8,50-12)34(53-36-32(46)30(45(10)11)21-26(6)51-36)23(3)20-24(4)35(48)52-31(14-2)38(9,49)33(47)25(5)22-43-44-27(7)28-15-17-29(18-16-28)39(40,41)42/h15-18,23-27,30-32,34,36,46,49H,13-14,19-22H2,1-12H3. The topological polar surface area (TPSA) is 139 Å². The lowest BCUT2D eigenvalue weighted by Crippen LogP contribution is -2.58. The number of carbonyl (C=O) groups excluding carboxylic acids is 2. The van der Waals surface area contributed by atoms with Crippen molar-refractivity contribution < 1.29 is 51.9 Å². The number of hydrogen-bond donors (Lipinski definition) is 2. The van der Waals surface area contributed by atoms with Gasteiger partial charge in [-0.25, -0.2) is 0 Å². The molecular formula is C39H64F3N3O8. The summed E-state index contributed by atoms with van der Waals surface area (Å²) in [7, 11) is 5.43.